The van der Waals surface area contributed by atoms with Gasteiger partial charge >= 0.3 is 0 Å². The van der Waals surface area contributed by atoms with E-state index >= 15 is 0 Å². The van der Waals surface area contributed by atoms with Crippen LogP contribution in [0, 0.1) is 0 Å². The van der Waals surface area contributed by atoms with E-state index in [9.17, 15) is 9.59 Å². The molecule has 0 saturated heterocycles. The van der Waals surface area contributed by atoms with Gasteiger partial charge in [0, 0.05) is 6.07 Å². The third kappa shape index (κ3) is 4.71. The molecule has 0 aliphatic carbocycles. The summed E-state index contributed by atoms with van der Waals surface area (Å²) in [5.41, 5.74) is 6.17. The molecular formula is C17H17Cl2N3O4. The number of rotatable bonds is 7. The monoisotopic (exact) mass is 397 g/mol. The molecule has 0 atom stereocenters. The van der Waals surface area contributed by atoms with Gasteiger partial charge in [-0.05, 0) is 24.3 Å². The zero-order valence-corrected chi connectivity index (χ0v) is 15.6. The zero-order valence-electron chi connectivity index (χ0n) is 14.1. The number of methoxy groups -OCH3 is 2. The van der Waals surface area contributed by atoms with Crippen molar-refractivity contribution >= 4 is 46.4 Å². The summed E-state index contributed by atoms with van der Waals surface area (Å²) < 4.78 is 10.3. The largest absolute Gasteiger partial charge is 0.497 e. The van der Waals surface area contributed by atoms with Crippen molar-refractivity contribution in [1.29, 1.82) is 0 Å². The van der Waals surface area contributed by atoms with Crippen molar-refractivity contribution in [1.82, 2.24) is 0 Å². The maximum absolute atomic E-state index is 12.2. The molecule has 0 aliphatic rings. The van der Waals surface area contributed by atoms with Crippen molar-refractivity contribution in [2.75, 3.05) is 31.4 Å². The highest BCUT2D eigenvalue weighted by Crippen LogP contribution is 2.30. The van der Waals surface area contributed by atoms with Gasteiger partial charge in [0.15, 0.2) is 0 Å². The van der Waals surface area contributed by atoms with Crippen LogP contribution in [0.3, 0.4) is 0 Å². The van der Waals surface area contributed by atoms with E-state index in [-0.39, 0.29) is 28.1 Å². The molecule has 2 aromatic rings. The first-order chi connectivity index (χ1) is 12.3. The second kappa shape index (κ2) is 8.64. The van der Waals surface area contributed by atoms with E-state index in [2.05, 4.69) is 10.6 Å². The van der Waals surface area contributed by atoms with Gasteiger partial charge in [0.1, 0.15) is 11.5 Å². The van der Waals surface area contributed by atoms with Crippen LogP contribution in [0.1, 0.15) is 10.4 Å². The highest BCUT2D eigenvalue weighted by Gasteiger charge is 2.13. The first-order valence-corrected chi connectivity index (χ1v) is 8.16. The van der Waals surface area contributed by atoms with Crippen LogP contribution >= 0.6 is 23.2 Å². The van der Waals surface area contributed by atoms with E-state index in [1.165, 1.54) is 26.4 Å². The number of carbonyl (C=O) groups excluding carboxylic acids is 2. The lowest BCUT2D eigenvalue weighted by Crippen LogP contribution is -2.22. The van der Waals surface area contributed by atoms with Gasteiger partial charge in [0.25, 0.3) is 0 Å². The highest BCUT2D eigenvalue weighted by molar-refractivity contribution is 6.38. The van der Waals surface area contributed by atoms with Crippen LogP contribution in [0.2, 0.25) is 10.0 Å². The predicted octanol–water partition coefficient (Wildman–Crippen LogP) is 3.16. The van der Waals surface area contributed by atoms with Crippen LogP contribution < -0.4 is 25.8 Å². The summed E-state index contributed by atoms with van der Waals surface area (Å²) in [5, 5.41) is 5.94. The molecule has 0 fully saturated rings. The van der Waals surface area contributed by atoms with Gasteiger partial charge in [-0.1, -0.05) is 23.2 Å². The summed E-state index contributed by atoms with van der Waals surface area (Å²) in [6, 6.07) is 7.81. The Hall–Kier alpha value is -2.64. The molecule has 2 aromatic carbocycles. The Balaban J connectivity index is 2.10. The molecule has 26 heavy (non-hydrogen) atoms. The molecule has 0 unspecified atom stereocenters. The fourth-order valence-corrected chi connectivity index (χ4v) is 2.70. The molecular weight excluding hydrogens is 381 g/mol. The molecule has 0 aromatic heterocycles. The fraction of sp³-hybridized carbons (Fsp3) is 0.176. The van der Waals surface area contributed by atoms with E-state index in [1.807, 2.05) is 0 Å². The number of primary amides is 1. The van der Waals surface area contributed by atoms with Crippen LogP contribution in [0.25, 0.3) is 0 Å². The Bertz CT molecular complexity index is 843. The number of anilines is 2. The van der Waals surface area contributed by atoms with Gasteiger partial charge in [0.2, 0.25) is 11.8 Å². The molecule has 7 nitrogen and oxygen atoms in total. The van der Waals surface area contributed by atoms with Gasteiger partial charge < -0.3 is 25.8 Å². The topological polar surface area (TPSA) is 103 Å². The summed E-state index contributed by atoms with van der Waals surface area (Å²) in [5.74, 6) is 0.00377. The Morgan fingerprint density at radius 3 is 2.38 bits per heavy atom. The number of nitrogens with one attached hydrogen (secondary N) is 2. The maximum Gasteiger partial charge on any atom is 0.250 e. The maximum atomic E-state index is 12.2. The number of hydrogen-bond donors (Lipinski definition) is 3. The number of ether oxygens (including phenoxy) is 2. The number of halogens is 2. The minimum Gasteiger partial charge on any atom is -0.497 e. The minimum absolute atomic E-state index is 0.105. The number of hydrogen-bond acceptors (Lipinski definition) is 5. The van der Waals surface area contributed by atoms with Crippen LogP contribution in [0.5, 0.6) is 11.5 Å². The summed E-state index contributed by atoms with van der Waals surface area (Å²) >= 11 is 12.0. The predicted molar refractivity (Wildman–Crippen MR) is 102 cm³/mol. The number of nitrogens with two attached hydrogens (primary N) is 1. The number of benzene rings is 2. The van der Waals surface area contributed by atoms with Crippen molar-refractivity contribution in [3.63, 3.8) is 0 Å². The van der Waals surface area contributed by atoms with Crippen molar-refractivity contribution in [2.45, 2.75) is 0 Å². The van der Waals surface area contributed by atoms with Gasteiger partial charge in [-0.3, -0.25) is 9.59 Å². The second-order valence-electron chi connectivity index (χ2n) is 5.14. The average molecular weight is 398 g/mol. The standard InChI is InChI=1S/C17H17Cl2N3O4/c1-25-9-3-4-15(26-2)14(5-9)22-16(23)8-21-13-6-10(17(20)24)11(18)7-12(13)19/h3-7,21H,8H2,1-2H3,(H2,20,24)(H,22,23). The smallest absolute Gasteiger partial charge is 0.250 e. The SMILES string of the molecule is COc1ccc(OC)c(NC(=O)CNc2cc(C(N)=O)c(Cl)cc2Cl)c1. The fourth-order valence-electron chi connectivity index (χ4n) is 2.15. The Labute approximate surface area is 160 Å². The van der Waals surface area contributed by atoms with Crippen molar-refractivity contribution in [3.8, 4) is 11.5 Å². The van der Waals surface area contributed by atoms with Gasteiger partial charge in [-0.2, -0.15) is 0 Å². The molecule has 2 amide bonds. The molecule has 0 heterocycles. The average Bonchev–Trinajstić information content (AvgIpc) is 2.60. The summed E-state index contributed by atoms with van der Waals surface area (Å²) in [6.07, 6.45) is 0. The quantitative estimate of drug-likeness (QED) is 0.665. The van der Waals surface area contributed by atoms with Crippen LogP contribution in [0.15, 0.2) is 30.3 Å². The van der Waals surface area contributed by atoms with Gasteiger partial charge in [-0.25, -0.2) is 0 Å². The van der Waals surface area contributed by atoms with Crippen molar-refractivity contribution in [3.05, 3.63) is 45.9 Å². The van der Waals surface area contributed by atoms with E-state index in [0.29, 0.717) is 22.9 Å². The number of amides is 2. The van der Waals surface area contributed by atoms with E-state index in [1.54, 1.807) is 18.2 Å². The van der Waals surface area contributed by atoms with E-state index < -0.39 is 5.91 Å². The van der Waals surface area contributed by atoms with Crippen LogP contribution in [0.4, 0.5) is 11.4 Å². The molecule has 2 rings (SSSR count). The first-order valence-electron chi connectivity index (χ1n) is 7.40. The van der Waals surface area contributed by atoms with Crippen molar-refractivity contribution < 1.29 is 19.1 Å². The Morgan fingerprint density at radius 1 is 1.04 bits per heavy atom. The van der Waals surface area contributed by atoms with E-state index in [0.717, 1.165) is 0 Å². The number of carbonyl (C=O) groups is 2. The lowest BCUT2D eigenvalue weighted by Gasteiger charge is -2.13. The molecule has 9 heteroatoms. The molecule has 0 radical (unpaired) electrons. The molecule has 138 valence electrons. The summed E-state index contributed by atoms with van der Waals surface area (Å²) in [6.45, 7) is -0.111. The third-order valence-electron chi connectivity index (χ3n) is 3.44. The summed E-state index contributed by atoms with van der Waals surface area (Å²) in [7, 11) is 3.02. The first kappa shape index (κ1) is 19.7. The molecule has 0 aliphatic heterocycles. The third-order valence-corrected chi connectivity index (χ3v) is 4.07. The lowest BCUT2D eigenvalue weighted by atomic mass is 10.2. The lowest BCUT2D eigenvalue weighted by molar-refractivity contribution is -0.114. The summed E-state index contributed by atoms with van der Waals surface area (Å²) in [4.78, 5) is 23.6. The van der Waals surface area contributed by atoms with Crippen LogP contribution in [-0.4, -0.2) is 32.6 Å². The normalized spacial score (nSPS) is 10.2. The second-order valence-corrected chi connectivity index (χ2v) is 5.96. The van der Waals surface area contributed by atoms with E-state index in [4.69, 9.17) is 38.4 Å². The van der Waals surface area contributed by atoms with Crippen LogP contribution in [-0.2, 0) is 4.79 Å². The Morgan fingerprint density at radius 2 is 1.77 bits per heavy atom. The van der Waals surface area contributed by atoms with Crippen molar-refractivity contribution in [2.24, 2.45) is 5.73 Å². The molecule has 0 bridgehead atoms. The molecule has 0 saturated carbocycles. The molecule has 0 spiro atoms. The van der Waals surface area contributed by atoms with Gasteiger partial charge in [0.05, 0.1) is 47.7 Å². The Kier molecular flexibility index (Phi) is 6.54. The van der Waals surface area contributed by atoms with Gasteiger partial charge in [-0.15, -0.1) is 0 Å². The zero-order chi connectivity index (χ0) is 19.3. The minimum atomic E-state index is -0.694. The highest BCUT2D eigenvalue weighted by atomic mass is 35.5. The molecule has 4 N–H and O–H groups in total.